The predicted molar refractivity (Wildman–Crippen MR) is 87.5 cm³/mol. The minimum absolute atomic E-state index is 0.0521. The number of carbonyl (C=O) groups is 2. The summed E-state index contributed by atoms with van der Waals surface area (Å²) in [7, 11) is 0. The number of nitrogens with one attached hydrogen (secondary N) is 1. The Morgan fingerprint density at radius 1 is 1.29 bits per heavy atom. The number of carbonyl (C=O) groups excluding carboxylic acids is 2. The van der Waals surface area contributed by atoms with Gasteiger partial charge in [0.05, 0.1) is 11.8 Å². The molecule has 0 aliphatic heterocycles. The van der Waals surface area contributed by atoms with E-state index in [4.69, 9.17) is 16.3 Å². The molecule has 1 aromatic carbocycles. The number of rotatable bonds is 5. The first-order valence-electron chi connectivity index (χ1n) is 7.30. The Morgan fingerprint density at radius 2 is 2.00 bits per heavy atom. The highest BCUT2D eigenvalue weighted by Crippen LogP contribution is 2.17. The van der Waals surface area contributed by atoms with Crippen LogP contribution in [0.1, 0.15) is 37.2 Å². The quantitative estimate of drug-likeness (QED) is 0.836. The molecule has 24 heavy (non-hydrogen) atoms. The summed E-state index contributed by atoms with van der Waals surface area (Å²) in [4.78, 5) is 24.1. The van der Waals surface area contributed by atoms with E-state index in [-0.39, 0.29) is 16.6 Å². The Kier molecular flexibility index (Phi) is 5.56. The van der Waals surface area contributed by atoms with E-state index < -0.39 is 23.8 Å². The lowest BCUT2D eigenvalue weighted by Gasteiger charge is -2.16. The third-order valence-corrected chi connectivity index (χ3v) is 3.45. The Bertz CT molecular complexity index is 761. The molecule has 1 heterocycles. The van der Waals surface area contributed by atoms with Crippen LogP contribution in [0.5, 0.6) is 0 Å². The van der Waals surface area contributed by atoms with Crippen LogP contribution < -0.4 is 5.32 Å². The highest BCUT2D eigenvalue weighted by atomic mass is 35.5. The molecule has 8 heteroatoms. The maximum atomic E-state index is 13.7. The van der Waals surface area contributed by atoms with Crippen LogP contribution in [0.25, 0.3) is 0 Å². The van der Waals surface area contributed by atoms with E-state index in [1.807, 2.05) is 13.8 Å². The van der Waals surface area contributed by atoms with Crippen molar-refractivity contribution in [2.45, 2.75) is 32.9 Å². The van der Waals surface area contributed by atoms with Gasteiger partial charge in [0, 0.05) is 17.1 Å². The number of anilines is 1. The molecule has 0 spiro atoms. The van der Waals surface area contributed by atoms with E-state index in [0.717, 1.165) is 6.07 Å². The Hall–Kier alpha value is -2.41. The maximum Gasteiger partial charge on any atom is 0.341 e. The number of nitrogens with zero attached hydrogens (tertiary/aromatic N) is 2. The molecule has 0 saturated heterocycles. The Morgan fingerprint density at radius 3 is 2.62 bits per heavy atom. The number of hydrogen-bond acceptors (Lipinski definition) is 4. The SMILES string of the molecule is CC(C)n1nccc1NC(=O)[C@H](C)OC(=O)c1ccc(Cl)cc1F. The molecule has 0 aliphatic rings. The molecule has 6 nitrogen and oxygen atoms in total. The van der Waals surface area contributed by atoms with Crippen LogP contribution in [-0.4, -0.2) is 27.8 Å². The number of ether oxygens (including phenoxy) is 1. The van der Waals surface area contributed by atoms with Crippen LogP contribution in [0.4, 0.5) is 10.2 Å². The molecule has 1 aromatic heterocycles. The number of aromatic nitrogens is 2. The largest absolute Gasteiger partial charge is 0.449 e. The molecule has 0 radical (unpaired) electrons. The fourth-order valence-electron chi connectivity index (χ4n) is 1.99. The minimum Gasteiger partial charge on any atom is -0.449 e. The van der Waals surface area contributed by atoms with Gasteiger partial charge in [-0.1, -0.05) is 11.6 Å². The van der Waals surface area contributed by atoms with Crippen molar-refractivity contribution in [3.8, 4) is 0 Å². The zero-order valence-corrected chi connectivity index (χ0v) is 14.2. The van der Waals surface area contributed by atoms with Crippen LogP contribution in [0.3, 0.4) is 0 Å². The standard InChI is InChI=1S/C16H17ClFN3O3/c1-9(2)21-14(6-7-19-21)20-15(22)10(3)24-16(23)12-5-4-11(17)8-13(12)18/h4-10H,1-3H3,(H,20,22)/t10-/m0/s1. The van der Waals surface area contributed by atoms with E-state index >= 15 is 0 Å². The lowest BCUT2D eigenvalue weighted by Crippen LogP contribution is -2.31. The van der Waals surface area contributed by atoms with Crippen molar-refractivity contribution in [3.05, 3.63) is 46.9 Å². The maximum absolute atomic E-state index is 13.7. The summed E-state index contributed by atoms with van der Waals surface area (Å²) in [5, 5.41) is 6.87. The second kappa shape index (κ2) is 7.44. The summed E-state index contributed by atoms with van der Waals surface area (Å²) in [5.74, 6) is -1.81. The Balaban J connectivity index is 2.03. The smallest absolute Gasteiger partial charge is 0.341 e. The molecule has 1 N–H and O–H groups in total. The van der Waals surface area contributed by atoms with Crippen molar-refractivity contribution in [3.63, 3.8) is 0 Å². The lowest BCUT2D eigenvalue weighted by molar-refractivity contribution is -0.123. The minimum atomic E-state index is -1.11. The zero-order valence-electron chi connectivity index (χ0n) is 13.4. The van der Waals surface area contributed by atoms with Gasteiger partial charge in [0.1, 0.15) is 11.6 Å². The number of benzene rings is 1. The summed E-state index contributed by atoms with van der Waals surface area (Å²) in [6.45, 7) is 5.22. The molecule has 0 saturated carbocycles. The van der Waals surface area contributed by atoms with Gasteiger partial charge < -0.3 is 10.1 Å². The van der Waals surface area contributed by atoms with Crippen molar-refractivity contribution in [2.75, 3.05) is 5.32 Å². The van der Waals surface area contributed by atoms with E-state index in [1.54, 1.807) is 16.9 Å². The normalized spacial score (nSPS) is 12.1. The molecule has 1 atom stereocenters. The van der Waals surface area contributed by atoms with Crippen molar-refractivity contribution in [2.24, 2.45) is 0 Å². The predicted octanol–water partition coefficient (Wildman–Crippen LogP) is 3.44. The van der Waals surface area contributed by atoms with Crippen molar-refractivity contribution in [1.82, 2.24) is 9.78 Å². The van der Waals surface area contributed by atoms with Gasteiger partial charge in [-0.3, -0.25) is 4.79 Å². The van der Waals surface area contributed by atoms with Gasteiger partial charge in [-0.05, 0) is 39.0 Å². The number of halogens is 2. The zero-order chi connectivity index (χ0) is 17.9. The van der Waals surface area contributed by atoms with Crippen LogP contribution in [0, 0.1) is 5.82 Å². The van der Waals surface area contributed by atoms with Gasteiger partial charge in [-0.2, -0.15) is 5.10 Å². The summed E-state index contributed by atoms with van der Waals surface area (Å²) in [6, 6.07) is 5.26. The summed E-state index contributed by atoms with van der Waals surface area (Å²) in [6.07, 6.45) is 0.443. The van der Waals surface area contributed by atoms with Crippen LogP contribution in [0.2, 0.25) is 5.02 Å². The van der Waals surface area contributed by atoms with Gasteiger partial charge in [0.25, 0.3) is 5.91 Å². The summed E-state index contributed by atoms with van der Waals surface area (Å²) < 4.78 is 20.3. The van der Waals surface area contributed by atoms with Gasteiger partial charge >= 0.3 is 5.97 Å². The summed E-state index contributed by atoms with van der Waals surface area (Å²) in [5.41, 5.74) is -0.286. The fourth-order valence-corrected chi connectivity index (χ4v) is 2.14. The first-order chi connectivity index (χ1) is 11.3. The van der Waals surface area contributed by atoms with E-state index in [1.165, 1.54) is 19.1 Å². The Labute approximate surface area is 143 Å². The van der Waals surface area contributed by atoms with Gasteiger partial charge in [0.2, 0.25) is 0 Å². The first kappa shape index (κ1) is 17.9. The van der Waals surface area contributed by atoms with E-state index in [0.29, 0.717) is 5.82 Å². The molecule has 2 rings (SSSR count). The highest BCUT2D eigenvalue weighted by Gasteiger charge is 2.22. The second-order valence-electron chi connectivity index (χ2n) is 5.42. The number of esters is 1. The van der Waals surface area contributed by atoms with E-state index in [9.17, 15) is 14.0 Å². The van der Waals surface area contributed by atoms with Gasteiger partial charge in [0.15, 0.2) is 6.10 Å². The van der Waals surface area contributed by atoms with Gasteiger partial charge in [-0.15, -0.1) is 0 Å². The molecule has 0 unspecified atom stereocenters. The lowest BCUT2D eigenvalue weighted by atomic mass is 10.2. The molecule has 2 aromatic rings. The highest BCUT2D eigenvalue weighted by molar-refractivity contribution is 6.30. The van der Waals surface area contributed by atoms with Crippen molar-refractivity contribution < 1.29 is 18.7 Å². The molecular formula is C16H17ClFN3O3. The molecule has 128 valence electrons. The van der Waals surface area contributed by atoms with Crippen LogP contribution in [-0.2, 0) is 9.53 Å². The molecule has 0 aliphatic carbocycles. The fraction of sp³-hybridized carbons (Fsp3) is 0.312. The monoisotopic (exact) mass is 353 g/mol. The third-order valence-electron chi connectivity index (χ3n) is 3.21. The van der Waals surface area contributed by atoms with Gasteiger partial charge in [-0.25, -0.2) is 13.9 Å². The van der Waals surface area contributed by atoms with Crippen molar-refractivity contribution >= 4 is 29.3 Å². The molecule has 0 fully saturated rings. The number of amides is 1. The molecular weight excluding hydrogens is 337 g/mol. The number of hydrogen-bond donors (Lipinski definition) is 1. The molecule has 0 bridgehead atoms. The average Bonchev–Trinajstić information content (AvgIpc) is 2.95. The topological polar surface area (TPSA) is 73.2 Å². The first-order valence-corrected chi connectivity index (χ1v) is 7.67. The molecule has 1 amide bonds. The van der Waals surface area contributed by atoms with Crippen LogP contribution in [0.15, 0.2) is 30.5 Å². The van der Waals surface area contributed by atoms with Crippen LogP contribution >= 0.6 is 11.6 Å². The van der Waals surface area contributed by atoms with Crippen molar-refractivity contribution in [1.29, 1.82) is 0 Å². The third kappa shape index (κ3) is 4.11. The second-order valence-corrected chi connectivity index (χ2v) is 5.85. The average molecular weight is 354 g/mol. The van der Waals surface area contributed by atoms with E-state index in [2.05, 4.69) is 10.4 Å². The summed E-state index contributed by atoms with van der Waals surface area (Å²) >= 11 is 5.63.